The van der Waals surface area contributed by atoms with Gasteiger partial charge in [0.05, 0.1) is 4.90 Å². The number of hydrogen-bond donors (Lipinski definition) is 2. The average molecular weight is 437 g/mol. The molecular weight excluding hydrogens is 408 g/mol. The zero-order valence-electron chi connectivity index (χ0n) is 18.3. The van der Waals surface area contributed by atoms with Crippen LogP contribution in [0.2, 0.25) is 0 Å². The van der Waals surface area contributed by atoms with Crippen molar-refractivity contribution in [1.82, 2.24) is 10.0 Å². The molecule has 0 aliphatic rings. The lowest BCUT2D eigenvalue weighted by atomic mass is 10.1. The molecule has 162 valence electrons. The van der Waals surface area contributed by atoms with Crippen molar-refractivity contribution in [3.63, 3.8) is 0 Å². The van der Waals surface area contributed by atoms with Crippen molar-refractivity contribution < 1.29 is 13.2 Å². The van der Waals surface area contributed by atoms with Crippen molar-refractivity contribution in [3.05, 3.63) is 99.6 Å². The Morgan fingerprint density at radius 3 is 1.84 bits per heavy atom. The summed E-state index contributed by atoms with van der Waals surface area (Å²) in [6.07, 6.45) is 0. The smallest absolute Gasteiger partial charge is 0.251 e. The van der Waals surface area contributed by atoms with Crippen molar-refractivity contribution >= 4 is 15.9 Å². The highest BCUT2D eigenvalue weighted by atomic mass is 32.2. The van der Waals surface area contributed by atoms with Gasteiger partial charge in [0.15, 0.2) is 0 Å². The van der Waals surface area contributed by atoms with Gasteiger partial charge in [-0.05, 0) is 62.1 Å². The summed E-state index contributed by atoms with van der Waals surface area (Å²) in [6, 6.07) is 18.7. The van der Waals surface area contributed by atoms with Crippen LogP contribution in [0.3, 0.4) is 0 Å². The normalized spacial score (nSPS) is 11.4. The molecule has 0 saturated carbocycles. The molecule has 0 fully saturated rings. The molecule has 0 saturated heterocycles. The van der Waals surface area contributed by atoms with Crippen LogP contribution < -0.4 is 10.0 Å². The van der Waals surface area contributed by atoms with Gasteiger partial charge in [0.1, 0.15) is 0 Å². The first-order valence-corrected chi connectivity index (χ1v) is 11.6. The maximum atomic E-state index is 12.8. The molecule has 3 rings (SSSR count). The largest absolute Gasteiger partial charge is 0.348 e. The minimum absolute atomic E-state index is 0.153. The number of carbonyl (C=O) groups is 1. The number of nitrogens with one attached hydrogen (secondary N) is 2. The topological polar surface area (TPSA) is 75.3 Å². The molecule has 3 aromatic rings. The van der Waals surface area contributed by atoms with E-state index in [-0.39, 0.29) is 12.5 Å². The number of carbonyl (C=O) groups excluding carboxylic acids is 1. The zero-order valence-corrected chi connectivity index (χ0v) is 19.1. The Morgan fingerprint density at radius 2 is 1.26 bits per heavy atom. The van der Waals surface area contributed by atoms with Gasteiger partial charge in [-0.2, -0.15) is 0 Å². The van der Waals surface area contributed by atoms with Gasteiger partial charge in [-0.3, -0.25) is 4.79 Å². The Bertz CT molecular complexity index is 1160. The van der Waals surface area contributed by atoms with Gasteiger partial charge in [0, 0.05) is 18.7 Å². The molecule has 0 aliphatic heterocycles. The van der Waals surface area contributed by atoms with Crippen LogP contribution >= 0.6 is 0 Å². The van der Waals surface area contributed by atoms with Gasteiger partial charge in [0.2, 0.25) is 10.0 Å². The molecule has 3 aromatic carbocycles. The first-order valence-electron chi connectivity index (χ1n) is 10.2. The monoisotopic (exact) mass is 436 g/mol. The molecule has 6 heteroatoms. The van der Waals surface area contributed by atoms with Gasteiger partial charge in [-0.1, -0.05) is 59.7 Å². The third kappa shape index (κ3) is 5.81. The zero-order chi connectivity index (χ0) is 22.6. The second-order valence-electron chi connectivity index (χ2n) is 7.92. The molecule has 0 aliphatic carbocycles. The van der Waals surface area contributed by atoms with Crippen molar-refractivity contribution in [2.45, 2.75) is 45.7 Å². The molecule has 5 nitrogen and oxygen atoms in total. The van der Waals surface area contributed by atoms with E-state index < -0.39 is 10.0 Å². The Kier molecular flexibility index (Phi) is 6.93. The van der Waals surface area contributed by atoms with E-state index >= 15 is 0 Å². The van der Waals surface area contributed by atoms with Gasteiger partial charge < -0.3 is 5.32 Å². The fourth-order valence-corrected chi connectivity index (χ4v) is 5.07. The van der Waals surface area contributed by atoms with Crippen LogP contribution in [0.15, 0.2) is 65.6 Å². The fourth-order valence-electron chi connectivity index (χ4n) is 3.61. The van der Waals surface area contributed by atoms with Crippen LogP contribution in [0, 0.1) is 27.7 Å². The van der Waals surface area contributed by atoms with Crippen molar-refractivity contribution in [1.29, 1.82) is 0 Å². The van der Waals surface area contributed by atoms with Crippen molar-refractivity contribution in [3.8, 4) is 0 Å². The summed E-state index contributed by atoms with van der Waals surface area (Å²) in [5, 5.41) is 2.90. The van der Waals surface area contributed by atoms with E-state index in [0.29, 0.717) is 17.0 Å². The highest BCUT2D eigenvalue weighted by Crippen LogP contribution is 2.22. The number of sulfonamides is 1. The standard InChI is InChI=1S/C25H28N2O3S/c1-17-5-7-21(8-6-17)15-26-25(28)23-11-9-22(10-12-23)16-27-31(29,30)24-19(3)13-18(2)14-20(24)4/h5-14,27H,15-16H2,1-4H3,(H,26,28). The minimum Gasteiger partial charge on any atom is -0.348 e. The summed E-state index contributed by atoms with van der Waals surface area (Å²) in [7, 11) is -3.63. The predicted octanol–water partition coefficient (Wildman–Crippen LogP) is 4.33. The molecule has 0 spiro atoms. The lowest BCUT2D eigenvalue weighted by Gasteiger charge is -2.13. The molecule has 0 atom stereocenters. The first-order chi connectivity index (χ1) is 14.7. The van der Waals surface area contributed by atoms with Gasteiger partial charge in [-0.25, -0.2) is 13.1 Å². The predicted molar refractivity (Wildman–Crippen MR) is 123 cm³/mol. The van der Waals surface area contributed by atoms with E-state index in [1.165, 1.54) is 5.56 Å². The van der Waals surface area contributed by atoms with Crippen molar-refractivity contribution in [2.24, 2.45) is 0 Å². The Hall–Kier alpha value is -2.96. The molecule has 31 heavy (non-hydrogen) atoms. The molecule has 0 radical (unpaired) electrons. The SMILES string of the molecule is Cc1ccc(CNC(=O)c2ccc(CNS(=O)(=O)c3c(C)cc(C)cc3C)cc2)cc1. The van der Waals surface area contributed by atoms with E-state index in [9.17, 15) is 13.2 Å². The van der Waals surface area contributed by atoms with Crippen LogP contribution in [-0.4, -0.2) is 14.3 Å². The maximum Gasteiger partial charge on any atom is 0.251 e. The lowest BCUT2D eigenvalue weighted by molar-refractivity contribution is 0.0951. The first kappa shape index (κ1) is 22.7. The van der Waals surface area contributed by atoms with Crippen LogP contribution in [0.5, 0.6) is 0 Å². The van der Waals surface area contributed by atoms with Gasteiger partial charge in [0.25, 0.3) is 5.91 Å². The van der Waals surface area contributed by atoms with E-state index in [0.717, 1.165) is 27.8 Å². The number of benzene rings is 3. The van der Waals surface area contributed by atoms with E-state index in [2.05, 4.69) is 10.0 Å². The molecule has 0 unspecified atom stereocenters. The molecule has 0 bridgehead atoms. The highest BCUT2D eigenvalue weighted by molar-refractivity contribution is 7.89. The molecule has 0 heterocycles. The maximum absolute atomic E-state index is 12.8. The molecule has 0 aromatic heterocycles. The highest BCUT2D eigenvalue weighted by Gasteiger charge is 2.19. The summed E-state index contributed by atoms with van der Waals surface area (Å²) in [6.45, 7) is 8.18. The van der Waals surface area contributed by atoms with E-state index in [1.54, 1.807) is 38.1 Å². The lowest BCUT2D eigenvalue weighted by Crippen LogP contribution is -2.25. The quantitative estimate of drug-likeness (QED) is 0.579. The van der Waals surface area contributed by atoms with Crippen LogP contribution in [0.25, 0.3) is 0 Å². The Morgan fingerprint density at radius 1 is 0.742 bits per heavy atom. The van der Waals surface area contributed by atoms with E-state index in [4.69, 9.17) is 0 Å². The summed E-state index contributed by atoms with van der Waals surface area (Å²) in [5.41, 5.74) is 6.01. The number of rotatable bonds is 7. The van der Waals surface area contributed by atoms with Crippen LogP contribution in [0.4, 0.5) is 0 Å². The van der Waals surface area contributed by atoms with Crippen LogP contribution in [0.1, 0.15) is 43.7 Å². The average Bonchev–Trinajstić information content (AvgIpc) is 2.71. The second-order valence-corrected chi connectivity index (χ2v) is 9.62. The Labute approximate surface area is 184 Å². The summed E-state index contributed by atoms with van der Waals surface area (Å²) in [5.74, 6) is -0.168. The number of amides is 1. The number of aryl methyl sites for hydroxylation is 4. The second kappa shape index (κ2) is 9.45. The van der Waals surface area contributed by atoms with Crippen molar-refractivity contribution in [2.75, 3.05) is 0 Å². The third-order valence-corrected chi connectivity index (χ3v) is 6.84. The third-order valence-electron chi connectivity index (χ3n) is 5.13. The summed E-state index contributed by atoms with van der Waals surface area (Å²) < 4.78 is 28.3. The molecular formula is C25H28N2O3S. The summed E-state index contributed by atoms with van der Waals surface area (Å²) >= 11 is 0. The molecule has 2 N–H and O–H groups in total. The molecule has 1 amide bonds. The van der Waals surface area contributed by atoms with Gasteiger partial charge >= 0.3 is 0 Å². The van der Waals surface area contributed by atoms with E-state index in [1.807, 2.05) is 50.2 Å². The van der Waals surface area contributed by atoms with Gasteiger partial charge in [-0.15, -0.1) is 0 Å². The minimum atomic E-state index is -3.63. The summed E-state index contributed by atoms with van der Waals surface area (Å²) in [4.78, 5) is 12.7. The fraction of sp³-hybridized carbons (Fsp3) is 0.240. The number of hydrogen-bond acceptors (Lipinski definition) is 3. The van der Waals surface area contributed by atoms with Crippen LogP contribution in [-0.2, 0) is 23.1 Å². The Balaban J connectivity index is 1.61.